The molecule has 1 saturated heterocycles. The lowest BCUT2D eigenvalue weighted by atomic mass is 9.99. The van der Waals surface area contributed by atoms with E-state index in [0.29, 0.717) is 12.8 Å². The molecular weight excluding hydrogens is 682 g/mol. The van der Waals surface area contributed by atoms with Gasteiger partial charge in [0.25, 0.3) is 0 Å². The molecule has 1 rings (SSSR count). The molecule has 0 radical (unpaired) electrons. The first-order chi connectivity index (χ1) is 26.3. The summed E-state index contributed by atoms with van der Waals surface area (Å²) in [5.74, 6) is -0.146. The summed E-state index contributed by atoms with van der Waals surface area (Å²) in [5.41, 5.74) is 0. The van der Waals surface area contributed by atoms with Crippen LogP contribution in [-0.4, -0.2) is 87.5 Å². The molecule has 1 aliphatic heterocycles. The van der Waals surface area contributed by atoms with Crippen molar-refractivity contribution in [2.75, 3.05) is 13.2 Å². The molecule has 0 aromatic heterocycles. The average molecular weight is 772 g/mol. The Bertz CT molecular complexity index is 817. The summed E-state index contributed by atoms with van der Waals surface area (Å²) in [7, 11) is 0. The maximum atomic E-state index is 12.9. The molecule has 9 heteroatoms. The molecular formula is C45H89NO8. The van der Waals surface area contributed by atoms with E-state index in [0.717, 1.165) is 38.5 Å². The van der Waals surface area contributed by atoms with Crippen molar-refractivity contribution in [1.82, 2.24) is 5.32 Å². The normalized spacial score (nSPS) is 21.4. The highest BCUT2D eigenvalue weighted by molar-refractivity contribution is 5.76. The minimum Gasteiger partial charge on any atom is -0.394 e. The quantitative estimate of drug-likeness (QED) is 0.0339. The van der Waals surface area contributed by atoms with E-state index in [2.05, 4.69) is 19.2 Å². The number of nitrogens with one attached hydrogen (secondary N) is 1. The highest BCUT2D eigenvalue weighted by Gasteiger charge is 2.44. The van der Waals surface area contributed by atoms with Crippen LogP contribution in [0.1, 0.15) is 226 Å². The second-order valence-corrected chi connectivity index (χ2v) is 16.6. The SMILES string of the molecule is CCCCCCCCCCCCCCCCCCCCCCCCCC(O)C(COC1OC(CO)C(O)C(O)C1O)NC(=O)CCCCCCCCCC. The fourth-order valence-corrected chi connectivity index (χ4v) is 7.69. The number of aliphatic hydroxyl groups excluding tert-OH is 5. The molecule has 0 spiro atoms. The van der Waals surface area contributed by atoms with Crippen LogP contribution < -0.4 is 5.32 Å². The molecule has 1 amide bonds. The zero-order valence-electron chi connectivity index (χ0n) is 35.3. The van der Waals surface area contributed by atoms with Gasteiger partial charge in [-0.3, -0.25) is 4.79 Å². The van der Waals surface area contributed by atoms with Crippen LogP contribution in [-0.2, 0) is 14.3 Å². The Balaban J connectivity index is 2.20. The van der Waals surface area contributed by atoms with Gasteiger partial charge in [-0.2, -0.15) is 0 Å². The molecule has 1 aliphatic rings. The average Bonchev–Trinajstić information content (AvgIpc) is 3.17. The Morgan fingerprint density at radius 1 is 0.556 bits per heavy atom. The summed E-state index contributed by atoms with van der Waals surface area (Å²) in [6, 6.07) is -0.710. The van der Waals surface area contributed by atoms with Crippen LogP contribution in [0.3, 0.4) is 0 Å². The van der Waals surface area contributed by atoms with Crippen molar-refractivity contribution >= 4 is 5.91 Å². The highest BCUT2D eigenvalue weighted by atomic mass is 16.7. The van der Waals surface area contributed by atoms with Gasteiger partial charge in [0.2, 0.25) is 5.91 Å². The Morgan fingerprint density at radius 3 is 1.31 bits per heavy atom. The summed E-state index contributed by atoms with van der Waals surface area (Å²) in [6.45, 7) is 3.81. The molecule has 7 unspecified atom stereocenters. The van der Waals surface area contributed by atoms with Gasteiger partial charge < -0.3 is 40.3 Å². The molecule has 9 nitrogen and oxygen atoms in total. The third-order valence-electron chi connectivity index (χ3n) is 11.5. The summed E-state index contributed by atoms with van der Waals surface area (Å²) in [5, 5.41) is 54.2. The topological polar surface area (TPSA) is 149 Å². The van der Waals surface area contributed by atoms with Gasteiger partial charge >= 0.3 is 0 Å². The van der Waals surface area contributed by atoms with Crippen LogP contribution in [0.5, 0.6) is 0 Å². The number of unbranched alkanes of at least 4 members (excludes halogenated alkanes) is 29. The molecule has 0 aromatic rings. The van der Waals surface area contributed by atoms with E-state index in [9.17, 15) is 30.3 Å². The van der Waals surface area contributed by atoms with E-state index in [1.807, 2.05) is 0 Å². The lowest BCUT2D eigenvalue weighted by molar-refractivity contribution is -0.302. The van der Waals surface area contributed by atoms with Crippen molar-refractivity contribution in [1.29, 1.82) is 0 Å². The zero-order valence-corrected chi connectivity index (χ0v) is 35.3. The van der Waals surface area contributed by atoms with Crippen molar-refractivity contribution in [3.8, 4) is 0 Å². The second-order valence-electron chi connectivity index (χ2n) is 16.6. The lowest BCUT2D eigenvalue weighted by Crippen LogP contribution is -2.60. The lowest BCUT2D eigenvalue weighted by Gasteiger charge is -2.40. The third kappa shape index (κ3) is 26.9. The van der Waals surface area contributed by atoms with Crippen LogP contribution in [0.15, 0.2) is 0 Å². The van der Waals surface area contributed by atoms with Crippen molar-refractivity contribution in [3.05, 3.63) is 0 Å². The molecule has 0 aliphatic carbocycles. The highest BCUT2D eigenvalue weighted by Crippen LogP contribution is 2.23. The van der Waals surface area contributed by atoms with E-state index in [4.69, 9.17) is 9.47 Å². The Labute approximate surface area is 332 Å². The maximum absolute atomic E-state index is 12.9. The van der Waals surface area contributed by atoms with Gasteiger partial charge in [-0.25, -0.2) is 0 Å². The standard InChI is InChI=1S/C45H89NO8/c1-3-5-7-9-11-13-14-15-16-17-18-19-20-21-22-23-24-25-26-27-28-30-32-34-39(48)38(46-41(49)35-33-31-29-12-10-8-6-4-2)37-53-45-44(52)43(51)42(50)40(36-47)54-45/h38-40,42-45,47-48,50-52H,3-37H2,1-2H3,(H,46,49). The smallest absolute Gasteiger partial charge is 0.220 e. The van der Waals surface area contributed by atoms with Crippen molar-refractivity contribution in [3.63, 3.8) is 0 Å². The summed E-state index contributed by atoms with van der Waals surface area (Å²) >= 11 is 0. The largest absolute Gasteiger partial charge is 0.394 e. The summed E-state index contributed by atoms with van der Waals surface area (Å²) in [4.78, 5) is 12.9. The fourth-order valence-electron chi connectivity index (χ4n) is 7.69. The Kier molecular flexibility index (Phi) is 34.6. The Morgan fingerprint density at radius 2 is 0.926 bits per heavy atom. The molecule has 1 heterocycles. The van der Waals surface area contributed by atoms with E-state index in [1.165, 1.54) is 161 Å². The molecule has 6 N–H and O–H groups in total. The molecule has 7 atom stereocenters. The van der Waals surface area contributed by atoms with E-state index >= 15 is 0 Å². The van der Waals surface area contributed by atoms with Crippen molar-refractivity contribution < 1.29 is 39.8 Å². The van der Waals surface area contributed by atoms with Gasteiger partial charge in [-0.05, 0) is 12.8 Å². The van der Waals surface area contributed by atoms with Crippen LogP contribution >= 0.6 is 0 Å². The first kappa shape index (κ1) is 51.2. The molecule has 0 saturated carbocycles. The van der Waals surface area contributed by atoms with Gasteiger partial charge in [0.15, 0.2) is 6.29 Å². The fraction of sp³-hybridized carbons (Fsp3) is 0.978. The zero-order chi connectivity index (χ0) is 39.5. The van der Waals surface area contributed by atoms with Crippen LogP contribution in [0.4, 0.5) is 0 Å². The van der Waals surface area contributed by atoms with Crippen LogP contribution in [0.25, 0.3) is 0 Å². The number of ether oxygens (including phenoxy) is 2. The monoisotopic (exact) mass is 772 g/mol. The molecule has 54 heavy (non-hydrogen) atoms. The van der Waals surface area contributed by atoms with Gasteiger partial charge in [0.05, 0.1) is 25.4 Å². The summed E-state index contributed by atoms with van der Waals surface area (Å²) < 4.78 is 11.2. The van der Waals surface area contributed by atoms with E-state index in [1.54, 1.807) is 0 Å². The van der Waals surface area contributed by atoms with Crippen molar-refractivity contribution in [2.45, 2.75) is 269 Å². The van der Waals surface area contributed by atoms with Crippen LogP contribution in [0.2, 0.25) is 0 Å². The number of carbonyl (C=O) groups is 1. The predicted octanol–water partition coefficient (Wildman–Crippen LogP) is 9.56. The number of hydrogen-bond acceptors (Lipinski definition) is 8. The first-order valence-corrected chi connectivity index (χ1v) is 23.2. The first-order valence-electron chi connectivity index (χ1n) is 23.2. The number of rotatable bonds is 39. The van der Waals surface area contributed by atoms with E-state index in [-0.39, 0.29) is 12.5 Å². The summed E-state index contributed by atoms with van der Waals surface area (Å²) in [6.07, 6.45) is 32.8. The molecule has 322 valence electrons. The number of hydrogen-bond donors (Lipinski definition) is 6. The number of carbonyl (C=O) groups excluding carboxylic acids is 1. The van der Waals surface area contributed by atoms with Crippen molar-refractivity contribution in [2.24, 2.45) is 0 Å². The molecule has 0 bridgehead atoms. The minimum absolute atomic E-state index is 0.133. The van der Waals surface area contributed by atoms with Gasteiger partial charge in [0, 0.05) is 6.42 Å². The Hall–Kier alpha value is -0.810. The number of aliphatic hydroxyl groups is 5. The number of amides is 1. The van der Waals surface area contributed by atoms with Crippen LogP contribution in [0, 0.1) is 0 Å². The van der Waals surface area contributed by atoms with Gasteiger partial charge in [-0.1, -0.05) is 206 Å². The predicted molar refractivity (Wildman–Crippen MR) is 221 cm³/mol. The third-order valence-corrected chi connectivity index (χ3v) is 11.5. The van der Waals surface area contributed by atoms with E-state index < -0.39 is 49.5 Å². The molecule has 1 fully saturated rings. The van der Waals surface area contributed by atoms with Gasteiger partial charge in [-0.15, -0.1) is 0 Å². The second kappa shape index (κ2) is 36.5. The van der Waals surface area contributed by atoms with Gasteiger partial charge in [0.1, 0.15) is 24.4 Å². The molecule has 0 aromatic carbocycles. The minimum atomic E-state index is -1.55. The maximum Gasteiger partial charge on any atom is 0.220 e.